The van der Waals surface area contributed by atoms with Crippen molar-refractivity contribution in [2.75, 3.05) is 33.1 Å². The van der Waals surface area contributed by atoms with Crippen LogP contribution in [0.1, 0.15) is 23.1 Å². The first-order valence-electron chi connectivity index (χ1n) is 13.2. The number of carbonyl (C=O) groups excluding carboxylic acids is 3. The van der Waals surface area contributed by atoms with Gasteiger partial charge in [0.25, 0.3) is 0 Å². The molecule has 0 bridgehead atoms. The second-order valence-electron chi connectivity index (χ2n) is 11.7. The summed E-state index contributed by atoms with van der Waals surface area (Å²) in [7, 11) is 7.13. The van der Waals surface area contributed by atoms with Crippen molar-refractivity contribution in [3.05, 3.63) is 52.6 Å². The first-order chi connectivity index (χ1) is 18.7. The summed E-state index contributed by atoms with van der Waals surface area (Å²) >= 11 is 0. The Bertz CT molecular complexity index is 1460. The SMILES string of the molecule is Cc1cc(-c2ccc(N(C)C)cc2)c2c(c1O)C(O)=C1C(=O)[C@@]3(O)C(=O)C(C(N)=O)C(O)[C@H](N(C)C)[C@H]3C[C@H]1C2. The molecule has 10 heteroatoms. The molecule has 6 N–H and O–H groups in total. The van der Waals surface area contributed by atoms with E-state index < -0.39 is 58.7 Å². The summed E-state index contributed by atoms with van der Waals surface area (Å²) in [5, 5.41) is 45.4. The number of rotatable bonds is 4. The van der Waals surface area contributed by atoms with Gasteiger partial charge in [0.2, 0.25) is 11.7 Å². The van der Waals surface area contributed by atoms with Crippen LogP contribution in [0.3, 0.4) is 0 Å². The maximum Gasteiger partial charge on any atom is 0.230 e. The number of hydrogen-bond donors (Lipinski definition) is 5. The van der Waals surface area contributed by atoms with E-state index in [4.69, 9.17) is 5.73 Å². The van der Waals surface area contributed by atoms with Gasteiger partial charge in [-0.2, -0.15) is 0 Å². The second-order valence-corrected chi connectivity index (χ2v) is 11.7. The molecular formula is C30H35N3O7. The van der Waals surface area contributed by atoms with Crippen LogP contribution in [0.4, 0.5) is 5.69 Å². The Morgan fingerprint density at radius 2 is 1.70 bits per heavy atom. The number of benzene rings is 2. The molecule has 2 fully saturated rings. The minimum Gasteiger partial charge on any atom is -0.507 e. The van der Waals surface area contributed by atoms with E-state index in [1.807, 2.05) is 49.3 Å². The van der Waals surface area contributed by atoms with Gasteiger partial charge >= 0.3 is 0 Å². The summed E-state index contributed by atoms with van der Waals surface area (Å²) in [5.41, 5.74) is 6.46. The first-order valence-corrected chi connectivity index (χ1v) is 13.2. The number of primary amides is 1. The van der Waals surface area contributed by atoms with Crippen LogP contribution in [0.15, 0.2) is 35.9 Å². The molecule has 2 aromatic carbocycles. The Morgan fingerprint density at radius 1 is 1.07 bits per heavy atom. The van der Waals surface area contributed by atoms with Crippen molar-refractivity contribution >= 4 is 28.9 Å². The number of nitrogens with zero attached hydrogens (tertiary/aromatic N) is 2. The number of hydrogen-bond acceptors (Lipinski definition) is 9. The third-order valence-corrected chi connectivity index (χ3v) is 8.97. The number of aryl methyl sites for hydroxylation is 1. The van der Waals surface area contributed by atoms with Crippen LogP contribution in [0, 0.1) is 24.7 Å². The zero-order valence-corrected chi connectivity index (χ0v) is 23.2. The summed E-state index contributed by atoms with van der Waals surface area (Å²) in [6.07, 6.45) is -1.20. The third kappa shape index (κ3) is 3.77. The zero-order chi connectivity index (χ0) is 29.4. The molecule has 2 unspecified atom stereocenters. The molecule has 1 amide bonds. The third-order valence-electron chi connectivity index (χ3n) is 8.97. The van der Waals surface area contributed by atoms with E-state index in [1.165, 1.54) is 0 Å². The van der Waals surface area contributed by atoms with Crippen molar-refractivity contribution in [3.63, 3.8) is 0 Å². The summed E-state index contributed by atoms with van der Waals surface area (Å²) in [6, 6.07) is 8.73. The number of anilines is 1. The minimum absolute atomic E-state index is 0.0752. The molecule has 0 radical (unpaired) electrons. The van der Waals surface area contributed by atoms with E-state index in [2.05, 4.69) is 0 Å². The fourth-order valence-corrected chi connectivity index (χ4v) is 7.00. The van der Waals surface area contributed by atoms with E-state index in [0.29, 0.717) is 11.1 Å². The molecule has 0 heterocycles. The Morgan fingerprint density at radius 3 is 2.25 bits per heavy atom. The minimum atomic E-state index is -2.67. The van der Waals surface area contributed by atoms with Crippen LogP contribution in [0.25, 0.3) is 16.9 Å². The van der Waals surface area contributed by atoms with Crippen LogP contribution < -0.4 is 10.6 Å². The highest BCUT2D eigenvalue weighted by Gasteiger charge is 2.67. The summed E-state index contributed by atoms with van der Waals surface area (Å²) in [6.45, 7) is 1.69. The highest BCUT2D eigenvalue weighted by molar-refractivity contribution is 6.25. The number of Topliss-reactive ketones (excluding diaryl/α,β-unsaturated/α-hetero) is 2. The number of fused-ring (bicyclic) bond motifs is 3. The Balaban J connectivity index is 1.70. The second kappa shape index (κ2) is 9.43. The van der Waals surface area contributed by atoms with Gasteiger partial charge in [-0.05, 0) is 80.2 Å². The van der Waals surface area contributed by atoms with Gasteiger partial charge in [0, 0.05) is 37.3 Å². The monoisotopic (exact) mass is 549 g/mol. The van der Waals surface area contributed by atoms with Crippen LogP contribution in [0.2, 0.25) is 0 Å². The van der Waals surface area contributed by atoms with Crippen LogP contribution in [-0.2, 0) is 20.8 Å². The number of phenolic OH excluding ortho intramolecular Hbond substituents is 1. The van der Waals surface area contributed by atoms with Gasteiger partial charge < -0.3 is 36.0 Å². The fourth-order valence-electron chi connectivity index (χ4n) is 7.00. The molecule has 2 saturated carbocycles. The number of carbonyl (C=O) groups is 3. The molecule has 0 saturated heterocycles. The van der Waals surface area contributed by atoms with E-state index >= 15 is 0 Å². The van der Waals surface area contributed by atoms with Gasteiger partial charge in [-0.25, -0.2) is 0 Å². The number of ketones is 2. The summed E-state index contributed by atoms with van der Waals surface area (Å²) < 4.78 is 0. The largest absolute Gasteiger partial charge is 0.507 e. The molecule has 40 heavy (non-hydrogen) atoms. The van der Waals surface area contributed by atoms with E-state index in [-0.39, 0.29) is 29.7 Å². The summed E-state index contributed by atoms with van der Waals surface area (Å²) in [5.74, 6) is -7.48. The van der Waals surface area contributed by atoms with Crippen molar-refractivity contribution in [3.8, 4) is 16.9 Å². The van der Waals surface area contributed by atoms with Crippen LogP contribution in [0.5, 0.6) is 5.75 Å². The number of likely N-dealkylation sites (N-methyl/N-ethyl adjacent to an activating group) is 1. The maximum atomic E-state index is 14.0. The van der Waals surface area contributed by atoms with Gasteiger partial charge in [-0.1, -0.05) is 12.1 Å². The van der Waals surface area contributed by atoms with E-state index in [1.54, 1.807) is 25.9 Å². The molecule has 3 aliphatic rings. The predicted molar refractivity (Wildman–Crippen MR) is 149 cm³/mol. The molecule has 0 spiro atoms. The Labute approximate surface area is 232 Å². The number of amides is 1. The lowest BCUT2D eigenvalue weighted by Gasteiger charge is -2.53. The van der Waals surface area contributed by atoms with Crippen molar-refractivity contribution in [1.29, 1.82) is 0 Å². The van der Waals surface area contributed by atoms with Crippen molar-refractivity contribution in [1.82, 2.24) is 4.90 Å². The lowest BCUT2D eigenvalue weighted by atomic mass is 9.54. The van der Waals surface area contributed by atoms with Gasteiger partial charge in [0.15, 0.2) is 11.4 Å². The van der Waals surface area contributed by atoms with Gasteiger partial charge in [-0.3, -0.25) is 14.4 Å². The first kappa shape index (κ1) is 27.8. The molecule has 3 aliphatic carbocycles. The highest BCUT2D eigenvalue weighted by Crippen LogP contribution is 2.53. The van der Waals surface area contributed by atoms with Crippen LogP contribution in [-0.4, -0.2) is 88.7 Å². The van der Waals surface area contributed by atoms with Gasteiger partial charge in [-0.15, -0.1) is 0 Å². The Hall–Kier alpha value is -3.73. The topological polar surface area (TPSA) is 165 Å². The van der Waals surface area contributed by atoms with Gasteiger partial charge in [0.1, 0.15) is 17.4 Å². The van der Waals surface area contributed by atoms with Crippen molar-refractivity contribution < 1.29 is 34.8 Å². The number of aliphatic hydroxyl groups is 3. The average Bonchev–Trinajstić information content (AvgIpc) is 2.88. The van der Waals surface area contributed by atoms with Gasteiger partial charge in [0.05, 0.1) is 11.7 Å². The molecular weight excluding hydrogens is 514 g/mol. The molecule has 0 aliphatic heterocycles. The molecule has 212 valence electrons. The normalized spacial score (nSPS) is 29.6. The lowest BCUT2D eigenvalue weighted by molar-refractivity contribution is -0.184. The van der Waals surface area contributed by atoms with Crippen molar-refractivity contribution in [2.45, 2.75) is 37.5 Å². The summed E-state index contributed by atoms with van der Waals surface area (Å²) in [4.78, 5) is 43.2. The Kier molecular flexibility index (Phi) is 6.56. The predicted octanol–water partition coefficient (Wildman–Crippen LogP) is 1.17. The smallest absolute Gasteiger partial charge is 0.230 e. The lowest BCUT2D eigenvalue weighted by Crippen LogP contribution is -2.73. The van der Waals surface area contributed by atoms with Crippen molar-refractivity contribution in [2.24, 2.45) is 23.5 Å². The highest BCUT2D eigenvalue weighted by atomic mass is 16.3. The molecule has 0 aromatic heterocycles. The standard InChI is InChI=1S/C30H35N3O7/c1-13-10-17(14-6-8-16(9-7-14)32(2)3)18-11-15-12-19-23(33(4)5)26(36)22(29(31)39)28(38)30(19,40)27(37)20(15)25(35)21(18)24(13)34/h6-10,15,19,22-23,26,34-36,40H,11-12H2,1-5H3,(H2,31,39)/t15-,19-,22?,23-,26?,30-/m1/s1. The number of aliphatic hydroxyl groups excluding tert-OH is 2. The molecule has 6 atom stereocenters. The average molecular weight is 550 g/mol. The maximum absolute atomic E-state index is 14.0. The van der Waals surface area contributed by atoms with Crippen LogP contribution >= 0.6 is 0 Å². The number of phenols is 1. The fraction of sp³-hybridized carbons (Fsp3) is 0.433. The molecule has 5 rings (SSSR count). The molecule has 10 nitrogen and oxygen atoms in total. The van der Waals surface area contributed by atoms with E-state index in [9.17, 15) is 34.8 Å². The zero-order valence-electron chi connectivity index (χ0n) is 23.2. The quantitative estimate of drug-likeness (QED) is 0.352. The number of aromatic hydroxyl groups is 1. The number of nitrogens with two attached hydrogens (primary N) is 1. The van der Waals surface area contributed by atoms with E-state index in [0.717, 1.165) is 16.8 Å². The molecule has 2 aromatic rings.